The summed E-state index contributed by atoms with van der Waals surface area (Å²) in [7, 11) is 0. The fourth-order valence-electron chi connectivity index (χ4n) is 3.87. The Morgan fingerprint density at radius 3 is 2.22 bits per heavy atom. The second kappa shape index (κ2) is 9.97. The minimum Gasteiger partial charge on any atom is -0.337 e. The third-order valence-electron chi connectivity index (χ3n) is 5.64. The molecule has 0 spiro atoms. The maximum atomic E-state index is 4.96. The summed E-state index contributed by atoms with van der Waals surface area (Å²) in [6, 6.07) is 21.0. The third kappa shape index (κ3) is 4.57. The monoisotopic (exact) mass is 419 g/mol. The van der Waals surface area contributed by atoms with Crippen molar-refractivity contribution in [2.24, 2.45) is 0 Å². The predicted octanol–water partition coefficient (Wildman–Crippen LogP) is 6.02. The number of hydrogen-bond acceptors (Lipinski definition) is 2. The fourth-order valence-corrected chi connectivity index (χ4v) is 3.87. The second-order valence-corrected chi connectivity index (χ2v) is 7.82. The van der Waals surface area contributed by atoms with Crippen LogP contribution in [-0.4, -0.2) is 9.97 Å². The standard InChI is InChI=1S/C29H29N3/c1-4-5-21-27-30-28-23(3)22(2)15-9-6-14-20-26(29(28)31-27)32(24-16-10-7-11-17-24)25-18-12-8-13-19-25/h4-5,7-8,10-21H,1,6,9H2,2-3H3,(H,30,31)/b20-14+,21-5-,22-15+,28-23+,29-26?. The minimum atomic E-state index is 0.813. The van der Waals surface area contributed by atoms with Crippen LogP contribution < -0.4 is 15.6 Å². The van der Waals surface area contributed by atoms with Gasteiger partial charge < -0.3 is 9.88 Å². The van der Waals surface area contributed by atoms with Crippen molar-refractivity contribution in [2.45, 2.75) is 26.7 Å². The van der Waals surface area contributed by atoms with E-state index in [-0.39, 0.29) is 0 Å². The highest BCUT2D eigenvalue weighted by Gasteiger charge is 2.16. The average molecular weight is 420 g/mol. The Kier molecular flexibility index (Phi) is 6.66. The van der Waals surface area contributed by atoms with E-state index in [1.807, 2.05) is 24.3 Å². The normalized spacial score (nSPS) is 18.6. The number of hydrogen-bond donors (Lipinski definition) is 1. The molecule has 0 saturated carbocycles. The molecule has 1 aliphatic carbocycles. The van der Waals surface area contributed by atoms with Gasteiger partial charge >= 0.3 is 0 Å². The summed E-state index contributed by atoms with van der Waals surface area (Å²) in [5, 5.41) is 1.98. The van der Waals surface area contributed by atoms with E-state index in [2.05, 4.69) is 97.1 Å². The van der Waals surface area contributed by atoms with Crippen molar-refractivity contribution >= 4 is 28.7 Å². The van der Waals surface area contributed by atoms with E-state index in [0.29, 0.717) is 0 Å². The average Bonchev–Trinajstić information content (AvgIpc) is 3.26. The van der Waals surface area contributed by atoms with Crippen LogP contribution in [0.25, 0.3) is 17.3 Å². The van der Waals surface area contributed by atoms with Crippen molar-refractivity contribution in [1.29, 1.82) is 0 Å². The third-order valence-corrected chi connectivity index (χ3v) is 5.64. The Labute approximate surface area is 190 Å². The van der Waals surface area contributed by atoms with Gasteiger partial charge in [-0.15, -0.1) is 0 Å². The summed E-state index contributed by atoms with van der Waals surface area (Å²) in [5.41, 5.74) is 5.71. The molecule has 3 heteroatoms. The number of aromatic nitrogens is 2. The Hall–Kier alpha value is -3.85. The van der Waals surface area contributed by atoms with Crippen LogP contribution in [0.15, 0.2) is 103 Å². The Morgan fingerprint density at radius 1 is 0.938 bits per heavy atom. The molecule has 2 aromatic carbocycles. The van der Waals surface area contributed by atoms with E-state index in [4.69, 9.17) is 4.98 Å². The molecule has 0 radical (unpaired) electrons. The summed E-state index contributed by atoms with van der Waals surface area (Å²) in [6.45, 7) is 8.12. The molecule has 32 heavy (non-hydrogen) atoms. The van der Waals surface area contributed by atoms with E-state index in [0.717, 1.165) is 46.4 Å². The molecule has 0 amide bonds. The van der Waals surface area contributed by atoms with Gasteiger partial charge in [-0.2, -0.15) is 0 Å². The summed E-state index contributed by atoms with van der Waals surface area (Å²) >= 11 is 0. The molecule has 1 heterocycles. The predicted molar refractivity (Wildman–Crippen MR) is 137 cm³/mol. The molecule has 1 N–H and O–H groups in total. The van der Waals surface area contributed by atoms with Crippen LogP contribution in [0, 0.1) is 0 Å². The van der Waals surface area contributed by atoms with Crippen LogP contribution >= 0.6 is 0 Å². The number of para-hydroxylation sites is 2. The molecule has 0 aliphatic heterocycles. The summed E-state index contributed by atoms with van der Waals surface area (Å²) in [4.78, 5) is 10.8. The molecule has 160 valence electrons. The number of fused-ring (bicyclic) bond motifs is 1. The van der Waals surface area contributed by atoms with Gasteiger partial charge in [-0.1, -0.05) is 67.3 Å². The first-order valence-electron chi connectivity index (χ1n) is 11.0. The van der Waals surface area contributed by atoms with Crippen LogP contribution in [-0.2, 0) is 0 Å². The first-order valence-corrected chi connectivity index (χ1v) is 11.0. The van der Waals surface area contributed by atoms with Crippen LogP contribution in [0.5, 0.6) is 0 Å². The number of nitrogens with zero attached hydrogens (tertiary/aromatic N) is 2. The van der Waals surface area contributed by atoms with Gasteiger partial charge in [-0.05, 0) is 74.3 Å². The van der Waals surface area contributed by atoms with Gasteiger partial charge in [-0.25, -0.2) is 4.98 Å². The SMILES string of the molecule is C=C/C=C\c1n\c2c([nH]1)=C(N(c1ccccc1)c1ccccc1)/C=C/CC/C=C(C)/C=2C. The maximum absolute atomic E-state index is 4.96. The van der Waals surface area contributed by atoms with Crippen molar-refractivity contribution in [3.63, 3.8) is 0 Å². The van der Waals surface area contributed by atoms with Gasteiger partial charge in [0.1, 0.15) is 5.82 Å². The number of H-pyrrole nitrogens is 1. The molecule has 0 saturated heterocycles. The van der Waals surface area contributed by atoms with Gasteiger partial charge in [0.2, 0.25) is 0 Å². The van der Waals surface area contributed by atoms with Gasteiger partial charge in [0, 0.05) is 11.4 Å². The highest BCUT2D eigenvalue weighted by Crippen LogP contribution is 2.30. The number of allylic oxidation sites excluding steroid dienone is 5. The number of benzene rings is 2. The van der Waals surface area contributed by atoms with Gasteiger partial charge in [-0.3, -0.25) is 0 Å². The Bertz CT molecular complexity index is 1250. The van der Waals surface area contributed by atoms with E-state index in [9.17, 15) is 0 Å². The fraction of sp³-hybridized carbons (Fsp3) is 0.138. The number of imidazole rings is 1. The van der Waals surface area contributed by atoms with Crippen LogP contribution in [0.3, 0.4) is 0 Å². The first-order chi connectivity index (χ1) is 15.7. The summed E-state index contributed by atoms with van der Waals surface area (Å²) in [5.74, 6) is 0.813. The molecular formula is C29H29N3. The Morgan fingerprint density at radius 2 is 1.59 bits per heavy atom. The summed E-state index contributed by atoms with van der Waals surface area (Å²) < 4.78 is 0. The maximum Gasteiger partial charge on any atom is 0.131 e. The first kappa shape index (κ1) is 21.4. The molecule has 0 atom stereocenters. The summed E-state index contributed by atoms with van der Waals surface area (Å²) in [6.07, 6.45) is 14.4. The lowest BCUT2D eigenvalue weighted by molar-refractivity contribution is 1.04. The zero-order valence-corrected chi connectivity index (χ0v) is 18.8. The molecule has 0 unspecified atom stereocenters. The largest absolute Gasteiger partial charge is 0.337 e. The van der Waals surface area contributed by atoms with Crippen molar-refractivity contribution < 1.29 is 0 Å². The number of rotatable bonds is 5. The van der Waals surface area contributed by atoms with Crippen molar-refractivity contribution in [2.75, 3.05) is 4.90 Å². The van der Waals surface area contributed by atoms with E-state index in [1.165, 1.54) is 11.1 Å². The highest BCUT2D eigenvalue weighted by atomic mass is 15.2. The second-order valence-electron chi connectivity index (χ2n) is 7.82. The lowest BCUT2D eigenvalue weighted by Gasteiger charge is -2.26. The van der Waals surface area contributed by atoms with Crippen LogP contribution in [0.2, 0.25) is 0 Å². The molecule has 0 bridgehead atoms. The molecule has 1 aromatic heterocycles. The molecule has 3 aromatic rings. The molecule has 1 aliphatic rings. The Balaban J connectivity index is 2.12. The molecule has 4 rings (SSSR count). The van der Waals surface area contributed by atoms with Gasteiger partial charge in [0.15, 0.2) is 0 Å². The lowest BCUT2D eigenvalue weighted by atomic mass is 10.0. The van der Waals surface area contributed by atoms with Gasteiger partial charge in [0.05, 0.1) is 16.4 Å². The number of aromatic amines is 1. The van der Waals surface area contributed by atoms with Crippen molar-refractivity contribution in [3.05, 3.63) is 120 Å². The van der Waals surface area contributed by atoms with Gasteiger partial charge in [0.25, 0.3) is 0 Å². The number of nitrogens with one attached hydrogen (secondary N) is 1. The molecule has 3 nitrogen and oxygen atoms in total. The smallest absolute Gasteiger partial charge is 0.131 e. The van der Waals surface area contributed by atoms with E-state index in [1.54, 1.807) is 6.08 Å². The topological polar surface area (TPSA) is 31.9 Å². The van der Waals surface area contributed by atoms with Crippen molar-refractivity contribution in [1.82, 2.24) is 9.97 Å². The van der Waals surface area contributed by atoms with Crippen LogP contribution in [0.4, 0.5) is 11.4 Å². The van der Waals surface area contributed by atoms with E-state index >= 15 is 0 Å². The molecular weight excluding hydrogens is 390 g/mol. The van der Waals surface area contributed by atoms with Crippen LogP contribution in [0.1, 0.15) is 32.5 Å². The minimum absolute atomic E-state index is 0.813. The van der Waals surface area contributed by atoms with E-state index < -0.39 is 0 Å². The number of anilines is 2. The highest BCUT2D eigenvalue weighted by molar-refractivity contribution is 5.84. The zero-order chi connectivity index (χ0) is 22.3. The zero-order valence-electron chi connectivity index (χ0n) is 18.8. The lowest BCUT2D eigenvalue weighted by Crippen LogP contribution is -2.34. The van der Waals surface area contributed by atoms with Crippen molar-refractivity contribution in [3.8, 4) is 0 Å². The molecule has 0 fully saturated rings. The quantitative estimate of drug-likeness (QED) is 0.513.